The fourth-order valence-corrected chi connectivity index (χ4v) is 2.52. The van der Waals surface area contributed by atoms with Gasteiger partial charge in [0.2, 0.25) is 0 Å². The lowest BCUT2D eigenvalue weighted by Crippen LogP contribution is -2.16. The first-order valence-corrected chi connectivity index (χ1v) is 7.99. The highest BCUT2D eigenvalue weighted by molar-refractivity contribution is 5.97. The van der Waals surface area contributed by atoms with Crippen molar-refractivity contribution in [3.63, 3.8) is 0 Å². The molecule has 3 rings (SSSR count). The smallest absolute Gasteiger partial charge is 0.150 e. The van der Waals surface area contributed by atoms with Crippen molar-refractivity contribution >= 4 is 23.3 Å². The average Bonchev–Trinajstić information content (AvgIpc) is 2.62. The van der Waals surface area contributed by atoms with Gasteiger partial charge in [0.05, 0.1) is 0 Å². The van der Waals surface area contributed by atoms with Gasteiger partial charge >= 0.3 is 0 Å². The normalized spacial score (nSPS) is 10.6. The Bertz CT molecular complexity index is 799. The Morgan fingerprint density at radius 1 is 0.792 bits per heavy atom. The van der Waals surface area contributed by atoms with Gasteiger partial charge in [-0.15, -0.1) is 0 Å². The van der Waals surface area contributed by atoms with Crippen LogP contribution in [-0.2, 0) is 11.2 Å². The number of carbonyl (C=O) groups is 2. The molecule has 0 aliphatic heterocycles. The van der Waals surface area contributed by atoms with E-state index in [0.29, 0.717) is 0 Å². The number of fused-ring (bicyclic) bond motifs is 1. The van der Waals surface area contributed by atoms with Crippen LogP contribution in [0.2, 0.25) is 0 Å². The van der Waals surface area contributed by atoms with Crippen LogP contribution in [0.1, 0.15) is 29.8 Å². The van der Waals surface area contributed by atoms with Crippen LogP contribution in [0, 0.1) is 5.41 Å². The second-order valence-electron chi connectivity index (χ2n) is 6.46. The number of rotatable bonds is 4. The quantitative estimate of drug-likeness (QED) is 0.627. The van der Waals surface area contributed by atoms with Gasteiger partial charge in [-0.1, -0.05) is 86.6 Å². The van der Waals surface area contributed by atoms with E-state index in [4.69, 9.17) is 0 Å². The number of hydrogen-bond donors (Lipinski definition) is 0. The summed E-state index contributed by atoms with van der Waals surface area (Å²) in [7, 11) is 0. The van der Waals surface area contributed by atoms with Gasteiger partial charge in [0, 0.05) is 11.0 Å². The number of hydrogen-bond acceptors (Lipinski definition) is 2. The Labute approximate surface area is 143 Å². The van der Waals surface area contributed by atoms with E-state index in [1.807, 2.05) is 86.6 Å². The zero-order chi connectivity index (χ0) is 17.4. The van der Waals surface area contributed by atoms with Gasteiger partial charge in [0.15, 0.2) is 6.29 Å². The van der Waals surface area contributed by atoms with Crippen LogP contribution in [0.4, 0.5) is 0 Å². The molecule has 0 N–H and O–H groups in total. The van der Waals surface area contributed by atoms with E-state index < -0.39 is 0 Å². The summed E-state index contributed by atoms with van der Waals surface area (Å²) in [4.78, 5) is 21.3. The summed E-state index contributed by atoms with van der Waals surface area (Å²) >= 11 is 0. The lowest BCUT2D eigenvalue weighted by Gasteiger charge is -2.15. The predicted molar refractivity (Wildman–Crippen MR) is 99.3 cm³/mol. The van der Waals surface area contributed by atoms with Crippen molar-refractivity contribution in [3.05, 3.63) is 83.9 Å². The van der Waals surface area contributed by atoms with Crippen LogP contribution in [0.15, 0.2) is 72.8 Å². The Kier molecular flexibility index (Phi) is 6.02. The Hall–Kier alpha value is -2.74. The van der Waals surface area contributed by atoms with Crippen molar-refractivity contribution in [1.82, 2.24) is 0 Å². The van der Waals surface area contributed by atoms with Crippen LogP contribution in [0.25, 0.3) is 10.8 Å². The highest BCUT2D eigenvalue weighted by atomic mass is 16.1. The third kappa shape index (κ3) is 4.88. The van der Waals surface area contributed by atoms with E-state index in [-0.39, 0.29) is 5.41 Å². The fraction of sp³-hybridized carbons (Fsp3) is 0.182. The van der Waals surface area contributed by atoms with Gasteiger partial charge in [-0.05, 0) is 22.8 Å². The van der Waals surface area contributed by atoms with E-state index in [0.717, 1.165) is 35.3 Å². The molecule has 0 aromatic heterocycles. The Morgan fingerprint density at radius 3 is 2.08 bits per heavy atom. The minimum atomic E-state index is -0.235. The standard InChI is InChI=1S/C11H8O.C11H14O/c12-8-10-6-3-5-9-4-1-2-7-11(9)10;1-11(2,9-12)8-10-6-4-3-5-7-10/h1-8H;3-7,9H,8H2,1-2H3. The average molecular weight is 318 g/mol. The van der Waals surface area contributed by atoms with Crippen LogP contribution >= 0.6 is 0 Å². The zero-order valence-corrected chi connectivity index (χ0v) is 14.1. The maximum Gasteiger partial charge on any atom is 0.150 e. The summed E-state index contributed by atoms with van der Waals surface area (Å²) in [5.41, 5.74) is 1.74. The Balaban J connectivity index is 0.000000174. The monoisotopic (exact) mass is 318 g/mol. The van der Waals surface area contributed by atoms with Gasteiger partial charge in [0.1, 0.15) is 6.29 Å². The molecule has 2 nitrogen and oxygen atoms in total. The summed E-state index contributed by atoms with van der Waals surface area (Å²) in [5, 5.41) is 2.14. The lowest BCUT2D eigenvalue weighted by atomic mass is 9.87. The molecule has 0 saturated heterocycles. The minimum Gasteiger partial charge on any atom is -0.303 e. The van der Waals surface area contributed by atoms with Crippen molar-refractivity contribution in [3.8, 4) is 0 Å². The molecule has 0 heterocycles. The number of aldehydes is 2. The van der Waals surface area contributed by atoms with E-state index in [1.165, 1.54) is 5.56 Å². The van der Waals surface area contributed by atoms with Crippen molar-refractivity contribution in [2.75, 3.05) is 0 Å². The molecule has 24 heavy (non-hydrogen) atoms. The van der Waals surface area contributed by atoms with Gasteiger partial charge < -0.3 is 4.79 Å². The molecular weight excluding hydrogens is 296 g/mol. The van der Waals surface area contributed by atoms with Gasteiger partial charge in [-0.3, -0.25) is 4.79 Å². The highest BCUT2D eigenvalue weighted by Gasteiger charge is 2.16. The van der Waals surface area contributed by atoms with E-state index in [9.17, 15) is 9.59 Å². The molecule has 3 aromatic rings. The fourth-order valence-electron chi connectivity index (χ4n) is 2.52. The Morgan fingerprint density at radius 2 is 1.42 bits per heavy atom. The van der Waals surface area contributed by atoms with Gasteiger partial charge in [-0.2, -0.15) is 0 Å². The molecule has 122 valence electrons. The van der Waals surface area contributed by atoms with E-state index in [1.54, 1.807) is 0 Å². The van der Waals surface area contributed by atoms with Crippen LogP contribution in [0.5, 0.6) is 0 Å². The molecule has 2 heteroatoms. The molecule has 0 radical (unpaired) electrons. The van der Waals surface area contributed by atoms with Crippen LogP contribution < -0.4 is 0 Å². The lowest BCUT2D eigenvalue weighted by molar-refractivity contribution is -0.114. The third-order valence-electron chi connectivity index (χ3n) is 3.77. The summed E-state index contributed by atoms with van der Waals surface area (Å²) in [6, 6.07) is 23.7. The molecule has 0 fully saturated rings. The zero-order valence-electron chi connectivity index (χ0n) is 14.1. The summed E-state index contributed by atoms with van der Waals surface area (Å²) in [6.45, 7) is 3.90. The van der Waals surface area contributed by atoms with Crippen LogP contribution in [-0.4, -0.2) is 12.6 Å². The molecule has 0 bridgehead atoms. The highest BCUT2D eigenvalue weighted by Crippen LogP contribution is 2.18. The first-order chi connectivity index (χ1) is 11.6. The molecule has 0 unspecified atom stereocenters. The van der Waals surface area contributed by atoms with Crippen LogP contribution in [0.3, 0.4) is 0 Å². The second-order valence-corrected chi connectivity index (χ2v) is 6.46. The van der Waals surface area contributed by atoms with Crippen molar-refractivity contribution in [2.24, 2.45) is 5.41 Å². The maximum atomic E-state index is 10.6. The number of benzene rings is 3. The molecule has 0 aliphatic carbocycles. The molecule has 0 atom stereocenters. The van der Waals surface area contributed by atoms with E-state index >= 15 is 0 Å². The third-order valence-corrected chi connectivity index (χ3v) is 3.77. The molecular formula is C22H22O2. The first kappa shape index (κ1) is 17.6. The second kappa shape index (κ2) is 8.21. The predicted octanol–water partition coefficient (Wildman–Crippen LogP) is 5.11. The van der Waals surface area contributed by atoms with Gasteiger partial charge in [0.25, 0.3) is 0 Å². The minimum absolute atomic E-state index is 0.235. The molecule has 0 amide bonds. The number of carbonyl (C=O) groups excluding carboxylic acids is 2. The molecule has 0 saturated carbocycles. The summed E-state index contributed by atoms with van der Waals surface area (Å²) in [6.07, 6.45) is 2.72. The molecule has 0 aliphatic rings. The van der Waals surface area contributed by atoms with Gasteiger partial charge in [-0.25, -0.2) is 0 Å². The van der Waals surface area contributed by atoms with Crippen molar-refractivity contribution in [1.29, 1.82) is 0 Å². The van der Waals surface area contributed by atoms with E-state index in [2.05, 4.69) is 0 Å². The molecule has 3 aromatic carbocycles. The maximum absolute atomic E-state index is 10.6. The largest absolute Gasteiger partial charge is 0.303 e. The SMILES string of the molecule is CC(C)(C=O)Cc1ccccc1.O=Cc1cccc2ccccc12. The first-order valence-electron chi connectivity index (χ1n) is 7.99. The topological polar surface area (TPSA) is 34.1 Å². The summed E-state index contributed by atoms with van der Waals surface area (Å²) < 4.78 is 0. The van der Waals surface area contributed by atoms with Crippen molar-refractivity contribution < 1.29 is 9.59 Å². The molecule has 0 spiro atoms. The summed E-state index contributed by atoms with van der Waals surface area (Å²) in [5.74, 6) is 0. The van der Waals surface area contributed by atoms with Crippen molar-refractivity contribution in [2.45, 2.75) is 20.3 Å².